The van der Waals surface area contributed by atoms with Crippen LogP contribution in [0.25, 0.3) is 0 Å². The Kier molecular flexibility index (Phi) is 9.62. The van der Waals surface area contributed by atoms with Gasteiger partial charge < -0.3 is 10.2 Å². The van der Waals surface area contributed by atoms with Gasteiger partial charge in [0.05, 0.1) is 15.6 Å². The van der Waals surface area contributed by atoms with E-state index in [1.807, 2.05) is 45.0 Å². The zero-order chi connectivity index (χ0) is 28.1. The highest BCUT2D eigenvalue weighted by Crippen LogP contribution is 2.30. The van der Waals surface area contributed by atoms with Crippen LogP contribution in [0.2, 0.25) is 5.02 Å². The third-order valence-electron chi connectivity index (χ3n) is 5.64. The number of nitrogens with one attached hydrogen (secondary N) is 1. The molecule has 3 rings (SSSR count). The van der Waals surface area contributed by atoms with Crippen molar-refractivity contribution in [2.24, 2.45) is 0 Å². The van der Waals surface area contributed by atoms with Gasteiger partial charge in [0.1, 0.15) is 12.6 Å². The van der Waals surface area contributed by atoms with E-state index in [1.165, 1.54) is 17.0 Å². The minimum Gasteiger partial charge on any atom is -0.350 e. The first-order chi connectivity index (χ1) is 17.8. The number of sulfonamides is 1. The average molecular weight is 621 g/mol. The van der Waals surface area contributed by atoms with Crippen molar-refractivity contribution >= 4 is 55.1 Å². The number of benzene rings is 3. The molecule has 1 atom stereocenters. The lowest BCUT2D eigenvalue weighted by Crippen LogP contribution is -2.54. The van der Waals surface area contributed by atoms with Gasteiger partial charge in [-0.05, 0) is 69.7 Å². The van der Waals surface area contributed by atoms with Crippen LogP contribution in [0.5, 0.6) is 0 Å². The summed E-state index contributed by atoms with van der Waals surface area (Å²) in [5.41, 5.74) is 0.426. The Bertz CT molecular complexity index is 1390. The molecule has 3 aromatic rings. The molecule has 3 aromatic carbocycles. The molecule has 0 saturated carbocycles. The maximum Gasteiger partial charge on any atom is 0.264 e. The van der Waals surface area contributed by atoms with Crippen molar-refractivity contribution < 1.29 is 18.0 Å². The van der Waals surface area contributed by atoms with E-state index >= 15 is 0 Å². The van der Waals surface area contributed by atoms with Crippen LogP contribution in [0, 0.1) is 0 Å². The molecule has 38 heavy (non-hydrogen) atoms. The van der Waals surface area contributed by atoms with E-state index in [1.54, 1.807) is 49.4 Å². The second kappa shape index (κ2) is 12.3. The van der Waals surface area contributed by atoms with Gasteiger partial charge in [-0.1, -0.05) is 70.0 Å². The molecule has 202 valence electrons. The summed E-state index contributed by atoms with van der Waals surface area (Å²) in [6, 6.07) is 20.8. The first-order valence-electron chi connectivity index (χ1n) is 12.0. The number of halogens is 2. The van der Waals surface area contributed by atoms with Gasteiger partial charge in [-0.15, -0.1) is 0 Å². The summed E-state index contributed by atoms with van der Waals surface area (Å²) in [7, 11) is -4.17. The van der Waals surface area contributed by atoms with Gasteiger partial charge in [0, 0.05) is 16.6 Å². The summed E-state index contributed by atoms with van der Waals surface area (Å²) in [4.78, 5) is 28.4. The molecule has 0 aliphatic rings. The molecule has 0 heterocycles. The smallest absolute Gasteiger partial charge is 0.264 e. The van der Waals surface area contributed by atoms with Crippen LogP contribution in [0.4, 0.5) is 5.69 Å². The molecule has 0 bridgehead atoms. The second-order valence-corrected chi connectivity index (χ2v) is 13.0. The maximum atomic E-state index is 13.9. The van der Waals surface area contributed by atoms with Crippen LogP contribution in [-0.2, 0) is 26.2 Å². The average Bonchev–Trinajstić information content (AvgIpc) is 2.85. The molecule has 0 aliphatic heterocycles. The summed E-state index contributed by atoms with van der Waals surface area (Å²) < 4.78 is 29.3. The van der Waals surface area contributed by atoms with Crippen LogP contribution in [-0.4, -0.2) is 43.3 Å². The normalized spacial score (nSPS) is 12.5. The Morgan fingerprint density at radius 3 is 2.21 bits per heavy atom. The van der Waals surface area contributed by atoms with Crippen molar-refractivity contribution in [3.05, 3.63) is 93.9 Å². The van der Waals surface area contributed by atoms with Crippen LogP contribution in [0.3, 0.4) is 0 Å². The molecule has 0 saturated heterocycles. The molecule has 0 spiro atoms. The number of anilines is 1. The monoisotopic (exact) mass is 619 g/mol. The Morgan fingerprint density at radius 2 is 1.61 bits per heavy atom. The fourth-order valence-corrected chi connectivity index (χ4v) is 5.96. The zero-order valence-electron chi connectivity index (χ0n) is 21.7. The van der Waals surface area contributed by atoms with E-state index in [0.717, 1.165) is 14.3 Å². The molecule has 1 N–H and O–H groups in total. The summed E-state index contributed by atoms with van der Waals surface area (Å²) in [5, 5.41) is 3.08. The fourth-order valence-electron chi connectivity index (χ4n) is 3.78. The van der Waals surface area contributed by atoms with Crippen molar-refractivity contribution in [2.45, 2.75) is 50.7 Å². The van der Waals surface area contributed by atoms with Crippen LogP contribution in [0.1, 0.15) is 33.3 Å². The summed E-state index contributed by atoms with van der Waals surface area (Å²) in [6.45, 7) is 6.72. The van der Waals surface area contributed by atoms with Crippen LogP contribution in [0.15, 0.2) is 88.2 Å². The Labute approximate surface area is 238 Å². The minimum absolute atomic E-state index is 0.0183. The molecule has 0 fully saturated rings. The van der Waals surface area contributed by atoms with E-state index in [4.69, 9.17) is 11.6 Å². The van der Waals surface area contributed by atoms with Gasteiger partial charge in [0.25, 0.3) is 10.0 Å². The summed E-state index contributed by atoms with van der Waals surface area (Å²) in [6.07, 6.45) is 0. The quantitative estimate of drug-likeness (QED) is 0.336. The standard InChI is InChI=1S/C28H31BrClN3O4S/c1-20(27(35)31-28(2,3)4)32(18-21-11-10-12-22(29)17-21)26(34)19-33(25-16-9-8-15-24(25)30)38(36,37)23-13-6-5-7-14-23/h5-17,20H,18-19H2,1-4H3,(H,31,35)/t20-/m1/s1. The fraction of sp³-hybridized carbons (Fsp3) is 0.286. The number of carbonyl (C=O) groups is 2. The number of para-hydroxylation sites is 1. The van der Waals surface area contributed by atoms with Gasteiger partial charge in [-0.2, -0.15) is 0 Å². The van der Waals surface area contributed by atoms with E-state index in [2.05, 4.69) is 21.2 Å². The van der Waals surface area contributed by atoms with Crippen LogP contribution >= 0.6 is 27.5 Å². The highest BCUT2D eigenvalue weighted by Gasteiger charge is 2.34. The molecule has 0 aromatic heterocycles. The van der Waals surface area contributed by atoms with Crippen molar-refractivity contribution in [1.29, 1.82) is 0 Å². The van der Waals surface area contributed by atoms with Crippen molar-refractivity contribution in [1.82, 2.24) is 10.2 Å². The predicted molar refractivity (Wildman–Crippen MR) is 154 cm³/mol. The largest absolute Gasteiger partial charge is 0.350 e. The van der Waals surface area contributed by atoms with E-state index in [-0.39, 0.29) is 28.1 Å². The third-order valence-corrected chi connectivity index (χ3v) is 8.23. The highest BCUT2D eigenvalue weighted by molar-refractivity contribution is 9.10. The van der Waals surface area contributed by atoms with E-state index in [9.17, 15) is 18.0 Å². The molecule has 0 unspecified atom stereocenters. The maximum absolute atomic E-state index is 13.9. The lowest BCUT2D eigenvalue weighted by molar-refractivity contribution is -0.140. The van der Waals surface area contributed by atoms with E-state index in [0.29, 0.717) is 0 Å². The van der Waals surface area contributed by atoms with Gasteiger partial charge >= 0.3 is 0 Å². The second-order valence-electron chi connectivity index (χ2n) is 9.84. The van der Waals surface area contributed by atoms with Gasteiger partial charge in [-0.25, -0.2) is 8.42 Å². The molecular formula is C28H31BrClN3O4S. The Balaban J connectivity index is 2.04. The summed E-state index contributed by atoms with van der Waals surface area (Å²) >= 11 is 9.85. The topological polar surface area (TPSA) is 86.8 Å². The van der Waals surface area contributed by atoms with Crippen LogP contribution < -0.4 is 9.62 Å². The molecule has 10 heteroatoms. The molecular weight excluding hydrogens is 590 g/mol. The number of hydrogen-bond donors (Lipinski definition) is 1. The minimum atomic E-state index is -4.17. The number of hydrogen-bond acceptors (Lipinski definition) is 4. The first-order valence-corrected chi connectivity index (χ1v) is 14.6. The Morgan fingerprint density at radius 1 is 0.974 bits per heavy atom. The highest BCUT2D eigenvalue weighted by atomic mass is 79.9. The molecule has 2 amide bonds. The van der Waals surface area contributed by atoms with E-state index < -0.39 is 34.1 Å². The number of rotatable bonds is 9. The van der Waals surface area contributed by atoms with Crippen molar-refractivity contribution in [3.63, 3.8) is 0 Å². The van der Waals surface area contributed by atoms with Gasteiger partial charge in [0.15, 0.2) is 0 Å². The zero-order valence-corrected chi connectivity index (χ0v) is 24.8. The number of amides is 2. The lowest BCUT2D eigenvalue weighted by atomic mass is 10.1. The van der Waals surface area contributed by atoms with Crippen molar-refractivity contribution in [3.8, 4) is 0 Å². The third kappa shape index (κ3) is 7.58. The Hall–Kier alpha value is -2.88. The number of carbonyl (C=O) groups excluding carboxylic acids is 2. The number of nitrogens with zero attached hydrogens (tertiary/aromatic N) is 2. The lowest BCUT2D eigenvalue weighted by Gasteiger charge is -2.33. The molecule has 7 nitrogen and oxygen atoms in total. The first kappa shape index (κ1) is 29.7. The SMILES string of the molecule is C[C@H](C(=O)NC(C)(C)C)N(Cc1cccc(Br)c1)C(=O)CN(c1ccccc1Cl)S(=O)(=O)c1ccccc1. The van der Waals surface area contributed by atoms with Gasteiger partial charge in [0.2, 0.25) is 11.8 Å². The molecule has 0 aliphatic carbocycles. The summed E-state index contributed by atoms with van der Waals surface area (Å²) in [5.74, 6) is -0.906. The van der Waals surface area contributed by atoms with Gasteiger partial charge in [-0.3, -0.25) is 13.9 Å². The predicted octanol–water partition coefficient (Wildman–Crippen LogP) is 5.63. The van der Waals surface area contributed by atoms with Crippen molar-refractivity contribution in [2.75, 3.05) is 10.8 Å². The molecule has 0 radical (unpaired) electrons.